The largest absolute Gasteiger partial charge is 0.481 e. The predicted molar refractivity (Wildman–Crippen MR) is 107 cm³/mol. The Kier molecular flexibility index (Phi) is 16.7. The fourth-order valence-corrected chi connectivity index (χ4v) is 3.63. The summed E-state index contributed by atoms with van der Waals surface area (Å²) < 4.78 is 0. The Morgan fingerprint density at radius 2 is 1.15 bits per heavy atom. The number of carbonyl (C=O) groups is 2. The maximum Gasteiger partial charge on any atom is 0.307 e. The minimum absolute atomic E-state index is 0.257. The van der Waals surface area contributed by atoms with Gasteiger partial charge in [0.2, 0.25) is 0 Å². The zero-order valence-corrected chi connectivity index (χ0v) is 17.2. The van der Waals surface area contributed by atoms with Gasteiger partial charge in [-0.25, -0.2) is 0 Å². The molecule has 0 aromatic rings. The molecule has 0 aromatic heterocycles. The standard InChI is InChI=1S/C22H42O4/c1-3-5-15-19(4-2)16-13-11-9-7-6-8-10-12-14-17-20(22(25)26)18-21(23)24/h19-20H,3-18H2,1-2H3,(H,23,24)(H,25,26). The van der Waals surface area contributed by atoms with E-state index >= 15 is 0 Å². The Labute approximate surface area is 160 Å². The van der Waals surface area contributed by atoms with Crippen LogP contribution in [0.1, 0.15) is 117 Å². The quantitative estimate of drug-likeness (QED) is 0.249. The molecular weight excluding hydrogens is 328 g/mol. The second-order valence-corrected chi connectivity index (χ2v) is 7.81. The molecule has 4 heteroatoms. The summed E-state index contributed by atoms with van der Waals surface area (Å²) in [5.41, 5.74) is 0. The van der Waals surface area contributed by atoms with E-state index in [4.69, 9.17) is 10.2 Å². The molecule has 154 valence electrons. The molecule has 2 N–H and O–H groups in total. The van der Waals surface area contributed by atoms with Crippen molar-refractivity contribution in [3.63, 3.8) is 0 Å². The van der Waals surface area contributed by atoms with E-state index in [1.54, 1.807) is 0 Å². The van der Waals surface area contributed by atoms with E-state index < -0.39 is 17.9 Å². The molecule has 2 atom stereocenters. The minimum atomic E-state index is -1.02. The van der Waals surface area contributed by atoms with Crippen LogP contribution >= 0.6 is 0 Å². The lowest BCUT2D eigenvalue weighted by Gasteiger charge is -2.13. The highest BCUT2D eigenvalue weighted by Gasteiger charge is 2.20. The summed E-state index contributed by atoms with van der Waals surface area (Å²) in [6, 6.07) is 0. The van der Waals surface area contributed by atoms with Gasteiger partial charge in [-0.15, -0.1) is 0 Å². The molecule has 0 spiro atoms. The molecule has 0 amide bonds. The van der Waals surface area contributed by atoms with E-state index in [0.717, 1.165) is 25.2 Å². The number of carboxylic acid groups (broad SMARTS) is 2. The maximum atomic E-state index is 11.0. The normalized spacial score (nSPS) is 13.5. The highest BCUT2D eigenvalue weighted by atomic mass is 16.4. The molecule has 0 aliphatic heterocycles. The Morgan fingerprint density at radius 1 is 0.692 bits per heavy atom. The molecule has 0 radical (unpaired) electrons. The lowest BCUT2D eigenvalue weighted by Crippen LogP contribution is -2.17. The second kappa shape index (κ2) is 17.4. The summed E-state index contributed by atoms with van der Waals surface area (Å²) in [4.78, 5) is 21.6. The van der Waals surface area contributed by atoms with Gasteiger partial charge in [-0.3, -0.25) is 9.59 Å². The summed E-state index contributed by atoms with van der Waals surface area (Å²) in [5.74, 6) is -1.79. The van der Waals surface area contributed by atoms with Crippen molar-refractivity contribution >= 4 is 11.9 Å². The summed E-state index contributed by atoms with van der Waals surface area (Å²) in [7, 11) is 0. The average molecular weight is 371 g/mol. The Bertz CT molecular complexity index is 354. The van der Waals surface area contributed by atoms with Crippen LogP contribution in [-0.2, 0) is 9.59 Å². The molecule has 0 fully saturated rings. The van der Waals surface area contributed by atoms with E-state index in [-0.39, 0.29) is 6.42 Å². The van der Waals surface area contributed by atoms with Gasteiger partial charge in [0.15, 0.2) is 0 Å². The molecule has 0 bridgehead atoms. The van der Waals surface area contributed by atoms with Crippen LogP contribution in [-0.4, -0.2) is 22.2 Å². The van der Waals surface area contributed by atoms with Crippen molar-refractivity contribution in [2.24, 2.45) is 11.8 Å². The van der Waals surface area contributed by atoms with Gasteiger partial charge in [-0.1, -0.05) is 104 Å². The topological polar surface area (TPSA) is 74.6 Å². The van der Waals surface area contributed by atoms with Crippen molar-refractivity contribution < 1.29 is 19.8 Å². The van der Waals surface area contributed by atoms with Crippen LogP contribution in [0.15, 0.2) is 0 Å². The smallest absolute Gasteiger partial charge is 0.307 e. The Hall–Kier alpha value is -1.06. The first kappa shape index (κ1) is 24.9. The van der Waals surface area contributed by atoms with Crippen molar-refractivity contribution in [1.82, 2.24) is 0 Å². The van der Waals surface area contributed by atoms with E-state index in [9.17, 15) is 9.59 Å². The minimum Gasteiger partial charge on any atom is -0.481 e. The molecule has 0 heterocycles. The number of rotatable bonds is 19. The lowest BCUT2D eigenvalue weighted by atomic mass is 9.93. The molecule has 0 aromatic carbocycles. The predicted octanol–water partition coefficient (Wildman–Crippen LogP) is 6.67. The fourth-order valence-electron chi connectivity index (χ4n) is 3.63. The average Bonchev–Trinajstić information content (AvgIpc) is 2.60. The Morgan fingerprint density at radius 3 is 1.58 bits per heavy atom. The SMILES string of the molecule is CCCCC(CC)CCCCCCCCCCCC(CC(=O)O)C(=O)O. The van der Waals surface area contributed by atoms with E-state index in [0.29, 0.717) is 6.42 Å². The summed E-state index contributed by atoms with van der Waals surface area (Å²) in [6.07, 6.45) is 17.9. The molecule has 0 aliphatic rings. The van der Waals surface area contributed by atoms with Gasteiger partial charge in [-0.05, 0) is 12.3 Å². The summed E-state index contributed by atoms with van der Waals surface area (Å²) >= 11 is 0. The van der Waals surface area contributed by atoms with Crippen molar-refractivity contribution in [3.05, 3.63) is 0 Å². The molecule has 0 aliphatic carbocycles. The zero-order valence-electron chi connectivity index (χ0n) is 17.2. The van der Waals surface area contributed by atoms with Crippen LogP contribution in [0, 0.1) is 11.8 Å². The van der Waals surface area contributed by atoms with Crippen LogP contribution < -0.4 is 0 Å². The molecule has 4 nitrogen and oxygen atoms in total. The maximum absolute atomic E-state index is 11.0. The third kappa shape index (κ3) is 15.2. The molecular formula is C22H42O4. The van der Waals surface area contributed by atoms with E-state index in [1.165, 1.54) is 70.6 Å². The number of hydrogen-bond acceptors (Lipinski definition) is 2. The highest BCUT2D eigenvalue weighted by molar-refractivity contribution is 5.77. The first-order valence-electron chi connectivity index (χ1n) is 11.0. The van der Waals surface area contributed by atoms with E-state index in [1.807, 2.05) is 0 Å². The van der Waals surface area contributed by atoms with Crippen molar-refractivity contribution in [3.8, 4) is 0 Å². The third-order valence-corrected chi connectivity index (χ3v) is 5.48. The number of carboxylic acids is 2. The molecule has 26 heavy (non-hydrogen) atoms. The van der Waals surface area contributed by atoms with Crippen molar-refractivity contribution in [2.75, 3.05) is 0 Å². The zero-order chi connectivity index (χ0) is 19.6. The second-order valence-electron chi connectivity index (χ2n) is 7.81. The lowest BCUT2D eigenvalue weighted by molar-refractivity contribution is -0.148. The van der Waals surface area contributed by atoms with Crippen LogP contribution in [0.25, 0.3) is 0 Å². The van der Waals surface area contributed by atoms with Gasteiger partial charge in [0.05, 0.1) is 12.3 Å². The number of hydrogen-bond donors (Lipinski definition) is 2. The first-order chi connectivity index (χ1) is 12.5. The number of unbranched alkanes of at least 4 members (excludes halogenated alkanes) is 9. The fraction of sp³-hybridized carbons (Fsp3) is 0.909. The third-order valence-electron chi connectivity index (χ3n) is 5.48. The Balaban J connectivity index is 3.45. The highest BCUT2D eigenvalue weighted by Crippen LogP contribution is 2.21. The van der Waals surface area contributed by atoms with Crippen LogP contribution in [0.3, 0.4) is 0 Å². The molecule has 0 saturated heterocycles. The number of aliphatic carboxylic acids is 2. The van der Waals surface area contributed by atoms with Crippen LogP contribution in [0.5, 0.6) is 0 Å². The monoisotopic (exact) mass is 370 g/mol. The van der Waals surface area contributed by atoms with Gasteiger partial charge >= 0.3 is 11.9 Å². The van der Waals surface area contributed by atoms with Crippen molar-refractivity contribution in [1.29, 1.82) is 0 Å². The summed E-state index contributed by atoms with van der Waals surface area (Å²) in [5, 5.41) is 17.7. The molecule has 0 rings (SSSR count). The van der Waals surface area contributed by atoms with Gasteiger partial charge < -0.3 is 10.2 Å². The van der Waals surface area contributed by atoms with Gasteiger partial charge in [0.25, 0.3) is 0 Å². The van der Waals surface area contributed by atoms with Crippen LogP contribution in [0.2, 0.25) is 0 Å². The van der Waals surface area contributed by atoms with Gasteiger partial charge in [0.1, 0.15) is 0 Å². The van der Waals surface area contributed by atoms with Gasteiger partial charge in [-0.2, -0.15) is 0 Å². The van der Waals surface area contributed by atoms with Gasteiger partial charge in [0, 0.05) is 0 Å². The summed E-state index contributed by atoms with van der Waals surface area (Å²) in [6.45, 7) is 4.59. The van der Waals surface area contributed by atoms with E-state index in [2.05, 4.69) is 13.8 Å². The first-order valence-corrected chi connectivity index (χ1v) is 11.0. The molecule has 2 unspecified atom stereocenters. The van der Waals surface area contributed by atoms with Crippen molar-refractivity contribution in [2.45, 2.75) is 117 Å². The molecule has 0 saturated carbocycles. The van der Waals surface area contributed by atoms with Crippen LogP contribution in [0.4, 0.5) is 0 Å².